The molecular formula is C11H16N2O5S. The monoisotopic (exact) mass is 288 g/mol. The quantitative estimate of drug-likeness (QED) is 0.594. The third kappa shape index (κ3) is 5.33. The van der Waals surface area contributed by atoms with Crippen molar-refractivity contribution in [2.75, 3.05) is 6.54 Å². The fourth-order valence-corrected chi connectivity index (χ4v) is 2.68. The standard InChI is InChI=1S/C11H16N2O5S/c1-11(2,14)8-12-19(17,18)7-9-5-3-4-6-10(9)13(15)16/h3-6,12,14H,7-8H2,1-2H3. The summed E-state index contributed by atoms with van der Waals surface area (Å²) in [4.78, 5) is 10.2. The van der Waals surface area contributed by atoms with Gasteiger partial charge in [-0.25, -0.2) is 13.1 Å². The molecule has 1 aromatic rings. The van der Waals surface area contributed by atoms with Crippen LogP contribution in [0.2, 0.25) is 0 Å². The fraction of sp³-hybridized carbons (Fsp3) is 0.455. The van der Waals surface area contributed by atoms with Gasteiger partial charge in [0.15, 0.2) is 0 Å². The van der Waals surface area contributed by atoms with E-state index in [4.69, 9.17) is 0 Å². The molecule has 8 heteroatoms. The maximum absolute atomic E-state index is 11.8. The second kappa shape index (κ2) is 5.64. The van der Waals surface area contributed by atoms with Crippen LogP contribution < -0.4 is 4.72 Å². The van der Waals surface area contributed by atoms with Crippen molar-refractivity contribution in [1.82, 2.24) is 4.72 Å². The van der Waals surface area contributed by atoms with Crippen molar-refractivity contribution in [3.8, 4) is 0 Å². The fourth-order valence-electron chi connectivity index (χ4n) is 1.35. The maximum Gasteiger partial charge on any atom is 0.273 e. The number of benzene rings is 1. The number of aliphatic hydroxyl groups is 1. The molecule has 1 aromatic carbocycles. The van der Waals surface area contributed by atoms with E-state index in [1.165, 1.54) is 38.1 Å². The van der Waals surface area contributed by atoms with Gasteiger partial charge in [0.25, 0.3) is 5.69 Å². The van der Waals surface area contributed by atoms with E-state index < -0.39 is 26.3 Å². The lowest BCUT2D eigenvalue weighted by molar-refractivity contribution is -0.385. The minimum Gasteiger partial charge on any atom is -0.389 e. The number of sulfonamides is 1. The minimum absolute atomic E-state index is 0.107. The molecule has 0 spiro atoms. The molecule has 0 bridgehead atoms. The van der Waals surface area contributed by atoms with E-state index >= 15 is 0 Å². The van der Waals surface area contributed by atoms with Crippen LogP contribution in [0.3, 0.4) is 0 Å². The van der Waals surface area contributed by atoms with E-state index in [0.29, 0.717) is 0 Å². The third-order valence-corrected chi connectivity index (χ3v) is 3.53. The number of nitro benzene ring substituents is 1. The topological polar surface area (TPSA) is 110 Å². The summed E-state index contributed by atoms with van der Waals surface area (Å²) < 4.78 is 25.8. The number of para-hydroxylation sites is 1. The summed E-state index contributed by atoms with van der Waals surface area (Å²) in [7, 11) is -3.74. The normalized spacial score (nSPS) is 12.4. The van der Waals surface area contributed by atoms with Crippen molar-refractivity contribution in [2.45, 2.75) is 25.2 Å². The summed E-state index contributed by atoms with van der Waals surface area (Å²) in [5, 5.41) is 20.2. The van der Waals surface area contributed by atoms with Gasteiger partial charge in [-0.15, -0.1) is 0 Å². The van der Waals surface area contributed by atoms with Gasteiger partial charge in [0.1, 0.15) is 0 Å². The predicted molar refractivity (Wildman–Crippen MR) is 70.0 cm³/mol. The first kappa shape index (κ1) is 15.5. The zero-order chi connectivity index (χ0) is 14.7. The Labute approximate surface area is 111 Å². The van der Waals surface area contributed by atoms with E-state index in [2.05, 4.69) is 4.72 Å². The number of hydrogen-bond acceptors (Lipinski definition) is 5. The first-order valence-corrected chi connectivity index (χ1v) is 7.18. The number of nitrogens with one attached hydrogen (secondary N) is 1. The van der Waals surface area contributed by atoms with Crippen molar-refractivity contribution in [2.24, 2.45) is 0 Å². The van der Waals surface area contributed by atoms with Crippen molar-refractivity contribution in [3.63, 3.8) is 0 Å². The van der Waals surface area contributed by atoms with E-state index in [-0.39, 0.29) is 17.8 Å². The summed E-state index contributed by atoms with van der Waals surface area (Å²) in [5.41, 5.74) is -1.32. The van der Waals surface area contributed by atoms with E-state index in [0.717, 1.165) is 0 Å². The molecule has 0 saturated carbocycles. The van der Waals surface area contributed by atoms with Gasteiger partial charge in [0.05, 0.1) is 16.3 Å². The van der Waals surface area contributed by atoms with E-state index in [9.17, 15) is 23.6 Å². The van der Waals surface area contributed by atoms with Crippen molar-refractivity contribution in [1.29, 1.82) is 0 Å². The summed E-state index contributed by atoms with van der Waals surface area (Å²) in [6.07, 6.45) is 0. The Bertz CT molecular complexity index is 563. The first-order valence-electron chi connectivity index (χ1n) is 5.53. The average molecular weight is 288 g/mol. The SMILES string of the molecule is CC(C)(O)CNS(=O)(=O)Cc1ccccc1[N+](=O)[O-]. The Morgan fingerprint density at radius 3 is 2.47 bits per heavy atom. The third-order valence-electron chi connectivity index (χ3n) is 2.26. The Hall–Kier alpha value is -1.51. The lowest BCUT2D eigenvalue weighted by Crippen LogP contribution is -2.38. The number of hydrogen-bond donors (Lipinski definition) is 2. The van der Waals surface area contributed by atoms with Crippen molar-refractivity contribution < 1.29 is 18.4 Å². The molecule has 0 aliphatic heterocycles. The van der Waals surface area contributed by atoms with Crippen LogP contribution in [0.5, 0.6) is 0 Å². The average Bonchev–Trinajstić information content (AvgIpc) is 2.26. The highest BCUT2D eigenvalue weighted by Crippen LogP contribution is 2.19. The molecule has 2 N–H and O–H groups in total. The highest BCUT2D eigenvalue weighted by Gasteiger charge is 2.22. The van der Waals surface area contributed by atoms with Gasteiger partial charge in [0.2, 0.25) is 10.0 Å². The smallest absolute Gasteiger partial charge is 0.273 e. The molecule has 0 unspecified atom stereocenters. The Morgan fingerprint density at radius 2 is 1.95 bits per heavy atom. The zero-order valence-electron chi connectivity index (χ0n) is 10.7. The van der Waals surface area contributed by atoms with E-state index in [1.807, 2.05) is 0 Å². The number of nitro groups is 1. The molecule has 0 atom stereocenters. The van der Waals surface area contributed by atoms with Crippen LogP contribution in [0.15, 0.2) is 24.3 Å². The molecule has 106 valence electrons. The molecule has 0 heterocycles. The predicted octanol–water partition coefficient (Wildman–Crippen LogP) is 0.785. The molecule has 0 fully saturated rings. The zero-order valence-corrected chi connectivity index (χ0v) is 11.5. The summed E-state index contributed by atoms with van der Waals surface area (Å²) in [6.45, 7) is 2.76. The molecule has 0 aromatic heterocycles. The van der Waals surface area contributed by atoms with Crippen LogP contribution in [-0.4, -0.2) is 30.6 Å². The van der Waals surface area contributed by atoms with Gasteiger partial charge >= 0.3 is 0 Å². The van der Waals surface area contributed by atoms with Gasteiger partial charge in [-0.3, -0.25) is 10.1 Å². The molecule has 1 rings (SSSR count). The van der Waals surface area contributed by atoms with Crippen LogP contribution in [-0.2, 0) is 15.8 Å². The molecule has 0 aliphatic carbocycles. The molecule has 0 radical (unpaired) electrons. The van der Waals surface area contributed by atoms with Crippen LogP contribution in [0, 0.1) is 10.1 Å². The Kier molecular flexibility index (Phi) is 4.61. The second-order valence-electron chi connectivity index (χ2n) is 4.78. The van der Waals surface area contributed by atoms with Gasteiger partial charge in [0, 0.05) is 18.2 Å². The van der Waals surface area contributed by atoms with E-state index in [1.54, 1.807) is 0 Å². The molecule has 0 aliphatic rings. The van der Waals surface area contributed by atoms with Gasteiger partial charge in [-0.05, 0) is 13.8 Å². The Morgan fingerprint density at radius 1 is 1.37 bits per heavy atom. The maximum atomic E-state index is 11.8. The summed E-state index contributed by atoms with van der Waals surface area (Å²) >= 11 is 0. The van der Waals surface area contributed by atoms with Gasteiger partial charge < -0.3 is 5.11 Å². The van der Waals surface area contributed by atoms with Crippen LogP contribution in [0.4, 0.5) is 5.69 Å². The molecular weight excluding hydrogens is 272 g/mol. The molecule has 0 amide bonds. The minimum atomic E-state index is -3.74. The van der Waals surface area contributed by atoms with Crippen LogP contribution >= 0.6 is 0 Å². The summed E-state index contributed by atoms with van der Waals surface area (Å²) in [6, 6.07) is 5.65. The van der Waals surface area contributed by atoms with Gasteiger partial charge in [-0.1, -0.05) is 18.2 Å². The summed E-state index contributed by atoms with van der Waals surface area (Å²) in [5.74, 6) is -0.500. The largest absolute Gasteiger partial charge is 0.389 e. The highest BCUT2D eigenvalue weighted by atomic mass is 32.2. The molecule has 19 heavy (non-hydrogen) atoms. The highest BCUT2D eigenvalue weighted by molar-refractivity contribution is 7.88. The Balaban J connectivity index is 2.87. The first-order chi connectivity index (χ1) is 8.61. The number of nitrogens with zero attached hydrogens (tertiary/aromatic N) is 1. The van der Waals surface area contributed by atoms with Gasteiger partial charge in [-0.2, -0.15) is 0 Å². The van der Waals surface area contributed by atoms with Crippen LogP contribution in [0.25, 0.3) is 0 Å². The van der Waals surface area contributed by atoms with Crippen LogP contribution in [0.1, 0.15) is 19.4 Å². The molecule has 0 saturated heterocycles. The number of rotatable bonds is 6. The molecule has 7 nitrogen and oxygen atoms in total. The van der Waals surface area contributed by atoms with Crippen molar-refractivity contribution >= 4 is 15.7 Å². The second-order valence-corrected chi connectivity index (χ2v) is 6.59. The lowest BCUT2D eigenvalue weighted by Gasteiger charge is -2.17. The lowest BCUT2D eigenvalue weighted by atomic mass is 10.1. The van der Waals surface area contributed by atoms with Crippen molar-refractivity contribution in [3.05, 3.63) is 39.9 Å².